The van der Waals surface area contributed by atoms with Gasteiger partial charge in [0.15, 0.2) is 0 Å². The van der Waals surface area contributed by atoms with Gasteiger partial charge in [0.25, 0.3) is 0 Å². The van der Waals surface area contributed by atoms with Crippen LogP contribution in [-0.2, 0) is 9.05 Å². The Morgan fingerprint density at radius 2 is 1.89 bits per heavy atom. The van der Waals surface area contributed by atoms with Crippen LogP contribution >= 0.6 is 10.7 Å². The summed E-state index contributed by atoms with van der Waals surface area (Å²) in [5.41, 5.74) is 2.16. The molecule has 0 aliphatic rings. The zero-order chi connectivity index (χ0) is 14.6. The maximum atomic E-state index is 11.2. The summed E-state index contributed by atoms with van der Waals surface area (Å²) in [5.74, 6) is 0.829. The molecule has 0 spiro atoms. The molecule has 0 heterocycles. The van der Waals surface area contributed by atoms with E-state index in [0.29, 0.717) is 6.61 Å². The summed E-state index contributed by atoms with van der Waals surface area (Å²) in [6, 6.07) is 5.97. The minimum absolute atomic E-state index is 0.0584. The van der Waals surface area contributed by atoms with E-state index in [4.69, 9.17) is 15.4 Å². The predicted octanol–water partition coefficient (Wildman–Crippen LogP) is 3.52. The maximum Gasteiger partial charge on any atom is 0.233 e. The van der Waals surface area contributed by atoms with E-state index in [0.717, 1.165) is 16.9 Å². The summed E-state index contributed by atoms with van der Waals surface area (Å²) in [6.07, 6.45) is 0. The molecule has 1 unspecified atom stereocenters. The topological polar surface area (TPSA) is 43.4 Å². The first-order chi connectivity index (χ1) is 8.69. The van der Waals surface area contributed by atoms with Gasteiger partial charge in [-0.05, 0) is 37.0 Å². The molecule has 0 saturated carbocycles. The lowest BCUT2D eigenvalue weighted by Gasteiger charge is -2.20. The molecule has 19 heavy (non-hydrogen) atoms. The number of halogens is 1. The first-order valence-corrected chi connectivity index (χ1v) is 8.79. The SMILES string of the molecule is Cc1ccc(C)c(OCC(CS(=O)(=O)Cl)C(C)C)c1. The third-order valence-electron chi connectivity index (χ3n) is 3.15. The summed E-state index contributed by atoms with van der Waals surface area (Å²) < 4.78 is 28.1. The van der Waals surface area contributed by atoms with E-state index in [-0.39, 0.29) is 17.6 Å². The maximum absolute atomic E-state index is 11.2. The minimum atomic E-state index is -3.50. The van der Waals surface area contributed by atoms with E-state index in [2.05, 4.69) is 0 Å². The molecule has 0 saturated heterocycles. The third-order valence-corrected chi connectivity index (χ3v) is 4.36. The second-order valence-electron chi connectivity index (χ2n) is 5.29. The molecular weight excluding hydrogens is 284 g/mol. The fraction of sp³-hybridized carbons (Fsp3) is 0.571. The molecule has 0 aliphatic heterocycles. The van der Waals surface area contributed by atoms with Crippen molar-refractivity contribution in [3.8, 4) is 5.75 Å². The molecule has 108 valence electrons. The summed E-state index contributed by atoms with van der Waals surface area (Å²) in [4.78, 5) is 0. The number of aryl methyl sites for hydroxylation is 2. The van der Waals surface area contributed by atoms with Gasteiger partial charge in [0.2, 0.25) is 9.05 Å². The summed E-state index contributed by atoms with van der Waals surface area (Å²) in [7, 11) is 1.83. The van der Waals surface area contributed by atoms with E-state index in [1.807, 2.05) is 45.9 Å². The van der Waals surface area contributed by atoms with Gasteiger partial charge in [-0.2, -0.15) is 0 Å². The molecule has 0 aliphatic carbocycles. The number of rotatable bonds is 6. The predicted molar refractivity (Wildman–Crippen MR) is 79.4 cm³/mol. The van der Waals surface area contributed by atoms with Crippen molar-refractivity contribution in [2.24, 2.45) is 11.8 Å². The first kappa shape index (κ1) is 16.3. The van der Waals surface area contributed by atoms with Gasteiger partial charge < -0.3 is 4.74 Å². The van der Waals surface area contributed by atoms with Crippen molar-refractivity contribution < 1.29 is 13.2 Å². The molecule has 0 amide bonds. The average molecular weight is 305 g/mol. The summed E-state index contributed by atoms with van der Waals surface area (Å²) in [6.45, 7) is 8.26. The van der Waals surface area contributed by atoms with Crippen molar-refractivity contribution in [3.63, 3.8) is 0 Å². The second-order valence-corrected chi connectivity index (χ2v) is 8.11. The highest BCUT2D eigenvalue weighted by Gasteiger charge is 2.21. The van der Waals surface area contributed by atoms with Gasteiger partial charge in [0, 0.05) is 16.6 Å². The molecule has 0 aromatic heterocycles. The fourth-order valence-corrected chi connectivity index (χ4v) is 3.23. The van der Waals surface area contributed by atoms with Gasteiger partial charge >= 0.3 is 0 Å². The Morgan fingerprint density at radius 3 is 2.42 bits per heavy atom. The molecular formula is C14H21ClO3S. The van der Waals surface area contributed by atoms with Crippen LogP contribution in [-0.4, -0.2) is 20.8 Å². The number of hydrogen-bond donors (Lipinski definition) is 0. The van der Waals surface area contributed by atoms with E-state index in [1.54, 1.807) is 0 Å². The van der Waals surface area contributed by atoms with Crippen LogP contribution in [0.2, 0.25) is 0 Å². The van der Waals surface area contributed by atoms with Gasteiger partial charge in [-0.1, -0.05) is 26.0 Å². The Balaban J connectivity index is 2.74. The van der Waals surface area contributed by atoms with Gasteiger partial charge in [-0.25, -0.2) is 8.42 Å². The third kappa shape index (κ3) is 5.83. The van der Waals surface area contributed by atoms with Crippen molar-refractivity contribution in [1.29, 1.82) is 0 Å². The molecule has 0 bridgehead atoms. The zero-order valence-electron chi connectivity index (χ0n) is 11.8. The Hall–Kier alpha value is -0.740. The standard InChI is InChI=1S/C14H21ClO3S/c1-10(2)13(9-19(15,16)17)8-18-14-7-11(3)5-6-12(14)4/h5-7,10,13H,8-9H2,1-4H3. The van der Waals surface area contributed by atoms with E-state index < -0.39 is 9.05 Å². The average Bonchev–Trinajstić information content (AvgIpc) is 2.26. The molecule has 5 heteroatoms. The monoisotopic (exact) mass is 304 g/mol. The fourth-order valence-electron chi connectivity index (χ4n) is 1.75. The van der Waals surface area contributed by atoms with Crippen LogP contribution in [0.25, 0.3) is 0 Å². The Labute approximate surface area is 120 Å². The number of benzene rings is 1. The van der Waals surface area contributed by atoms with Crippen molar-refractivity contribution in [2.45, 2.75) is 27.7 Å². The summed E-state index contributed by atoms with van der Waals surface area (Å²) in [5, 5.41) is 0. The molecule has 0 radical (unpaired) electrons. The van der Waals surface area contributed by atoms with E-state index >= 15 is 0 Å². The van der Waals surface area contributed by atoms with Crippen LogP contribution in [0.5, 0.6) is 5.75 Å². The Bertz CT molecular complexity index is 523. The second kappa shape index (κ2) is 6.62. The van der Waals surface area contributed by atoms with Crippen LogP contribution in [0.15, 0.2) is 18.2 Å². The highest BCUT2D eigenvalue weighted by Crippen LogP contribution is 2.22. The van der Waals surface area contributed by atoms with Gasteiger partial charge in [0.1, 0.15) is 5.75 Å². The molecule has 1 atom stereocenters. The van der Waals surface area contributed by atoms with E-state index in [9.17, 15) is 8.42 Å². The van der Waals surface area contributed by atoms with Gasteiger partial charge in [0.05, 0.1) is 12.4 Å². The van der Waals surface area contributed by atoms with E-state index in [1.165, 1.54) is 0 Å². The van der Waals surface area contributed by atoms with Crippen LogP contribution < -0.4 is 4.74 Å². The molecule has 0 fully saturated rings. The molecule has 1 rings (SSSR count). The Morgan fingerprint density at radius 1 is 1.26 bits per heavy atom. The number of ether oxygens (including phenoxy) is 1. The normalized spacial score (nSPS) is 13.6. The number of hydrogen-bond acceptors (Lipinski definition) is 3. The lowest BCUT2D eigenvalue weighted by atomic mass is 9.99. The van der Waals surface area contributed by atoms with Crippen molar-refractivity contribution >= 4 is 19.7 Å². The van der Waals surface area contributed by atoms with Gasteiger partial charge in [-0.3, -0.25) is 0 Å². The molecule has 1 aromatic carbocycles. The minimum Gasteiger partial charge on any atom is -0.493 e. The van der Waals surface area contributed by atoms with Crippen molar-refractivity contribution in [1.82, 2.24) is 0 Å². The van der Waals surface area contributed by atoms with Crippen LogP contribution in [0, 0.1) is 25.7 Å². The summed E-state index contributed by atoms with van der Waals surface area (Å²) >= 11 is 0. The molecule has 1 aromatic rings. The van der Waals surface area contributed by atoms with Crippen LogP contribution in [0.4, 0.5) is 0 Å². The first-order valence-electron chi connectivity index (χ1n) is 6.31. The molecule has 3 nitrogen and oxygen atoms in total. The van der Waals surface area contributed by atoms with Crippen molar-refractivity contribution in [3.05, 3.63) is 29.3 Å². The van der Waals surface area contributed by atoms with Crippen LogP contribution in [0.1, 0.15) is 25.0 Å². The lowest BCUT2D eigenvalue weighted by Crippen LogP contribution is -2.24. The smallest absolute Gasteiger partial charge is 0.233 e. The largest absolute Gasteiger partial charge is 0.493 e. The quantitative estimate of drug-likeness (QED) is 0.755. The zero-order valence-corrected chi connectivity index (χ0v) is 13.4. The highest BCUT2D eigenvalue weighted by molar-refractivity contribution is 8.13. The highest BCUT2D eigenvalue weighted by atomic mass is 35.7. The lowest BCUT2D eigenvalue weighted by molar-refractivity contribution is 0.224. The van der Waals surface area contributed by atoms with Gasteiger partial charge in [-0.15, -0.1) is 0 Å². The Kier molecular flexibility index (Phi) is 5.68. The molecule has 0 N–H and O–H groups in total. The van der Waals surface area contributed by atoms with Crippen molar-refractivity contribution in [2.75, 3.05) is 12.4 Å². The van der Waals surface area contributed by atoms with Crippen LogP contribution in [0.3, 0.4) is 0 Å².